The number of thiazole rings is 1. The molecule has 0 unspecified atom stereocenters. The maximum atomic E-state index is 13.1. The number of aromatic nitrogens is 2. The number of rotatable bonds is 8. The number of imidazole rings is 1. The summed E-state index contributed by atoms with van der Waals surface area (Å²) in [7, 11) is 1.64. The van der Waals surface area contributed by atoms with Crippen LogP contribution in [0, 0.1) is 11.7 Å². The highest BCUT2D eigenvalue weighted by molar-refractivity contribution is 7.15. The monoisotopic (exact) mass is 389 g/mol. The van der Waals surface area contributed by atoms with Crippen molar-refractivity contribution in [2.45, 2.75) is 20.3 Å². The summed E-state index contributed by atoms with van der Waals surface area (Å²) in [6.07, 6.45) is 2.71. The van der Waals surface area contributed by atoms with Gasteiger partial charge in [0, 0.05) is 55.4 Å². The Morgan fingerprint density at radius 1 is 1.30 bits per heavy atom. The van der Waals surface area contributed by atoms with Gasteiger partial charge in [-0.2, -0.15) is 0 Å². The van der Waals surface area contributed by atoms with Gasteiger partial charge in [0.1, 0.15) is 5.82 Å². The Kier molecular flexibility index (Phi) is 6.23. The third-order valence-electron chi connectivity index (χ3n) is 4.43. The van der Waals surface area contributed by atoms with Gasteiger partial charge in [-0.1, -0.05) is 13.8 Å². The van der Waals surface area contributed by atoms with Crippen LogP contribution in [0.3, 0.4) is 0 Å². The minimum absolute atomic E-state index is 0.0392. The SMILES string of the molecule is COCCN(CCc1csc2nc(-c3ccc(F)cc3)cn12)C(=O)C(C)C. The van der Waals surface area contributed by atoms with Crippen molar-refractivity contribution < 1.29 is 13.9 Å². The van der Waals surface area contributed by atoms with Crippen LogP contribution in [-0.4, -0.2) is 47.0 Å². The number of hydrogen-bond acceptors (Lipinski definition) is 4. The zero-order valence-corrected chi connectivity index (χ0v) is 16.6. The van der Waals surface area contributed by atoms with E-state index in [1.165, 1.54) is 12.1 Å². The molecule has 3 aromatic rings. The summed E-state index contributed by atoms with van der Waals surface area (Å²) in [6, 6.07) is 6.34. The molecule has 0 N–H and O–H groups in total. The molecule has 0 fully saturated rings. The zero-order valence-electron chi connectivity index (χ0n) is 15.8. The largest absolute Gasteiger partial charge is 0.383 e. The number of methoxy groups -OCH3 is 1. The molecule has 2 aromatic heterocycles. The molecule has 5 nitrogen and oxygen atoms in total. The molecule has 2 heterocycles. The molecule has 0 saturated heterocycles. The van der Waals surface area contributed by atoms with Crippen LogP contribution in [0.4, 0.5) is 4.39 Å². The molecule has 0 radical (unpaired) electrons. The Labute approximate surface area is 162 Å². The fourth-order valence-electron chi connectivity index (χ4n) is 2.92. The van der Waals surface area contributed by atoms with E-state index in [9.17, 15) is 9.18 Å². The summed E-state index contributed by atoms with van der Waals surface area (Å²) in [5, 5.41) is 2.07. The zero-order chi connectivity index (χ0) is 19.4. The number of carbonyl (C=O) groups excluding carboxylic acids is 1. The first-order chi connectivity index (χ1) is 13.0. The predicted molar refractivity (Wildman–Crippen MR) is 105 cm³/mol. The minimum Gasteiger partial charge on any atom is -0.383 e. The summed E-state index contributed by atoms with van der Waals surface area (Å²) < 4.78 is 20.3. The second kappa shape index (κ2) is 8.63. The Morgan fingerprint density at radius 3 is 2.70 bits per heavy atom. The molecule has 0 aliphatic rings. The highest BCUT2D eigenvalue weighted by Crippen LogP contribution is 2.24. The van der Waals surface area contributed by atoms with Gasteiger partial charge in [0.15, 0.2) is 4.96 Å². The van der Waals surface area contributed by atoms with Gasteiger partial charge < -0.3 is 9.64 Å². The lowest BCUT2D eigenvalue weighted by atomic mass is 10.1. The molecule has 27 heavy (non-hydrogen) atoms. The second-order valence-electron chi connectivity index (χ2n) is 6.74. The van der Waals surface area contributed by atoms with Crippen LogP contribution in [0.15, 0.2) is 35.8 Å². The number of ether oxygens (including phenoxy) is 1. The predicted octanol–water partition coefficient (Wildman–Crippen LogP) is 3.88. The first-order valence-corrected chi connectivity index (χ1v) is 9.86. The fourth-order valence-corrected chi connectivity index (χ4v) is 3.82. The smallest absolute Gasteiger partial charge is 0.225 e. The standard InChI is InChI=1S/C20H24FN3O2S/c1-14(2)19(25)23(10-11-26-3)9-8-17-13-27-20-22-18(12-24(17)20)15-4-6-16(21)7-5-15/h4-7,12-14H,8-11H2,1-3H3. The summed E-state index contributed by atoms with van der Waals surface area (Å²) in [6.45, 7) is 5.57. The maximum Gasteiger partial charge on any atom is 0.225 e. The first kappa shape index (κ1) is 19.5. The fraction of sp³-hybridized carbons (Fsp3) is 0.400. The van der Waals surface area contributed by atoms with Gasteiger partial charge in [-0.3, -0.25) is 9.20 Å². The van der Waals surface area contributed by atoms with E-state index in [-0.39, 0.29) is 17.6 Å². The Hall–Kier alpha value is -2.25. The van der Waals surface area contributed by atoms with Gasteiger partial charge in [0.2, 0.25) is 5.91 Å². The summed E-state index contributed by atoms with van der Waals surface area (Å²) in [5.41, 5.74) is 2.81. The number of carbonyl (C=O) groups is 1. The quantitative estimate of drug-likeness (QED) is 0.587. The first-order valence-electron chi connectivity index (χ1n) is 8.98. The molecule has 144 valence electrons. The van der Waals surface area contributed by atoms with Gasteiger partial charge in [0.05, 0.1) is 12.3 Å². The van der Waals surface area contributed by atoms with E-state index in [1.54, 1.807) is 30.6 Å². The Bertz CT molecular complexity index is 902. The van der Waals surface area contributed by atoms with Gasteiger partial charge in [-0.25, -0.2) is 9.37 Å². The van der Waals surface area contributed by atoms with E-state index < -0.39 is 0 Å². The van der Waals surface area contributed by atoms with Gasteiger partial charge in [-0.05, 0) is 24.3 Å². The van der Waals surface area contributed by atoms with Crippen molar-refractivity contribution in [2.24, 2.45) is 5.92 Å². The van der Waals surface area contributed by atoms with Gasteiger partial charge in [0.25, 0.3) is 0 Å². The van der Waals surface area contributed by atoms with E-state index in [0.29, 0.717) is 19.7 Å². The van der Waals surface area contributed by atoms with Crippen LogP contribution in [0.1, 0.15) is 19.5 Å². The third kappa shape index (κ3) is 4.54. The van der Waals surface area contributed by atoms with Crippen molar-refractivity contribution in [1.82, 2.24) is 14.3 Å². The maximum absolute atomic E-state index is 13.1. The molecule has 0 aliphatic carbocycles. The van der Waals surface area contributed by atoms with Crippen LogP contribution in [0.25, 0.3) is 16.2 Å². The van der Waals surface area contributed by atoms with E-state index >= 15 is 0 Å². The van der Waals surface area contributed by atoms with Gasteiger partial charge >= 0.3 is 0 Å². The molecule has 0 saturated carbocycles. The molecule has 3 rings (SSSR count). The number of fused-ring (bicyclic) bond motifs is 1. The summed E-state index contributed by atoms with van der Waals surface area (Å²) in [5.74, 6) is -0.162. The van der Waals surface area contributed by atoms with Crippen LogP contribution < -0.4 is 0 Å². The molecular formula is C20H24FN3O2S. The van der Waals surface area contributed by atoms with Crippen LogP contribution in [0.2, 0.25) is 0 Å². The highest BCUT2D eigenvalue weighted by Gasteiger charge is 2.18. The normalized spacial score (nSPS) is 11.4. The van der Waals surface area contributed by atoms with E-state index in [1.807, 2.05) is 24.9 Å². The number of amides is 1. The molecule has 0 aliphatic heterocycles. The Morgan fingerprint density at radius 2 is 2.04 bits per heavy atom. The van der Waals surface area contributed by atoms with E-state index in [4.69, 9.17) is 4.74 Å². The third-order valence-corrected chi connectivity index (χ3v) is 5.32. The molecule has 1 aromatic carbocycles. The van der Waals surface area contributed by atoms with Crippen LogP contribution in [0.5, 0.6) is 0 Å². The lowest BCUT2D eigenvalue weighted by Gasteiger charge is -2.24. The highest BCUT2D eigenvalue weighted by atomic mass is 32.1. The summed E-state index contributed by atoms with van der Waals surface area (Å²) >= 11 is 1.57. The second-order valence-corrected chi connectivity index (χ2v) is 7.57. The molecule has 0 bridgehead atoms. The molecule has 7 heteroatoms. The Balaban J connectivity index is 1.76. The van der Waals surface area contributed by atoms with Crippen molar-refractivity contribution in [2.75, 3.05) is 26.8 Å². The van der Waals surface area contributed by atoms with Gasteiger partial charge in [-0.15, -0.1) is 11.3 Å². The molecular weight excluding hydrogens is 365 g/mol. The van der Waals surface area contributed by atoms with Crippen molar-refractivity contribution in [3.8, 4) is 11.3 Å². The molecule has 0 atom stereocenters. The number of benzene rings is 1. The molecule has 1 amide bonds. The molecule has 0 spiro atoms. The lowest BCUT2D eigenvalue weighted by Crippen LogP contribution is -2.38. The topological polar surface area (TPSA) is 46.8 Å². The lowest BCUT2D eigenvalue weighted by molar-refractivity contribution is -0.135. The van der Waals surface area contributed by atoms with Crippen LogP contribution >= 0.6 is 11.3 Å². The summed E-state index contributed by atoms with van der Waals surface area (Å²) in [4.78, 5) is 19.8. The van der Waals surface area contributed by atoms with Crippen molar-refractivity contribution >= 4 is 22.2 Å². The van der Waals surface area contributed by atoms with Crippen molar-refractivity contribution in [3.63, 3.8) is 0 Å². The number of nitrogens with zero attached hydrogens (tertiary/aromatic N) is 3. The number of halogens is 1. The van der Waals surface area contributed by atoms with Crippen molar-refractivity contribution in [1.29, 1.82) is 0 Å². The van der Waals surface area contributed by atoms with Crippen molar-refractivity contribution in [3.05, 3.63) is 47.4 Å². The average Bonchev–Trinajstić information content (AvgIpc) is 3.23. The van der Waals surface area contributed by atoms with E-state index in [2.05, 4.69) is 14.8 Å². The van der Waals surface area contributed by atoms with E-state index in [0.717, 1.165) is 28.3 Å². The minimum atomic E-state index is -0.258. The van der Waals surface area contributed by atoms with Crippen LogP contribution in [-0.2, 0) is 16.0 Å². The average molecular weight is 389 g/mol. The number of hydrogen-bond donors (Lipinski definition) is 0.